The molecule has 3 aromatic rings. The standard InChI is InChI=1S/C16H13ClN2O2S/c1-9-5-12(10(2)22-9)15(20)7-19-8-18-14-4-3-11(17)6-13(14)16(19)21/h3-6,8H,7H2,1-2H3. The number of halogens is 1. The first-order valence-corrected chi connectivity index (χ1v) is 7.90. The van der Waals surface area contributed by atoms with E-state index in [1.165, 1.54) is 10.9 Å². The molecule has 0 aliphatic heterocycles. The van der Waals surface area contributed by atoms with Gasteiger partial charge in [0, 0.05) is 20.3 Å². The number of carbonyl (C=O) groups excluding carboxylic acids is 1. The van der Waals surface area contributed by atoms with Gasteiger partial charge in [0.2, 0.25) is 0 Å². The van der Waals surface area contributed by atoms with Crippen molar-refractivity contribution >= 4 is 39.6 Å². The van der Waals surface area contributed by atoms with Gasteiger partial charge in [0.1, 0.15) is 0 Å². The number of aromatic nitrogens is 2. The number of ketones is 1. The highest BCUT2D eigenvalue weighted by Gasteiger charge is 2.14. The lowest BCUT2D eigenvalue weighted by Crippen LogP contribution is -2.24. The molecule has 0 bridgehead atoms. The summed E-state index contributed by atoms with van der Waals surface area (Å²) in [7, 11) is 0. The van der Waals surface area contributed by atoms with Crippen LogP contribution in [0.3, 0.4) is 0 Å². The van der Waals surface area contributed by atoms with Crippen LogP contribution in [0.1, 0.15) is 20.1 Å². The highest BCUT2D eigenvalue weighted by atomic mass is 35.5. The van der Waals surface area contributed by atoms with Crippen LogP contribution in [0.4, 0.5) is 0 Å². The third-order valence-corrected chi connectivity index (χ3v) is 4.64. The second-order valence-corrected chi connectivity index (χ2v) is 6.99. The number of rotatable bonds is 3. The highest BCUT2D eigenvalue weighted by Crippen LogP contribution is 2.21. The van der Waals surface area contributed by atoms with Gasteiger partial charge in [-0.2, -0.15) is 0 Å². The summed E-state index contributed by atoms with van der Waals surface area (Å²) in [5.74, 6) is -0.0906. The number of carbonyl (C=O) groups is 1. The monoisotopic (exact) mass is 332 g/mol. The zero-order chi connectivity index (χ0) is 15.9. The molecule has 2 heterocycles. The Morgan fingerprint density at radius 3 is 2.77 bits per heavy atom. The van der Waals surface area contributed by atoms with Crippen LogP contribution in [0.25, 0.3) is 10.9 Å². The molecule has 0 aliphatic rings. The summed E-state index contributed by atoms with van der Waals surface area (Å²) in [5.41, 5.74) is 0.978. The normalized spacial score (nSPS) is 11.0. The van der Waals surface area contributed by atoms with Gasteiger partial charge in [-0.1, -0.05) is 11.6 Å². The molecule has 0 radical (unpaired) electrons. The van der Waals surface area contributed by atoms with Crippen LogP contribution >= 0.6 is 22.9 Å². The SMILES string of the molecule is Cc1cc(C(=O)Cn2cnc3ccc(Cl)cc3c2=O)c(C)s1. The van der Waals surface area contributed by atoms with Gasteiger partial charge >= 0.3 is 0 Å². The molecule has 6 heteroatoms. The minimum atomic E-state index is -0.259. The number of fused-ring (bicyclic) bond motifs is 1. The quantitative estimate of drug-likeness (QED) is 0.688. The minimum Gasteiger partial charge on any atom is -0.292 e. The Hall–Kier alpha value is -1.98. The first-order valence-electron chi connectivity index (χ1n) is 6.70. The maximum atomic E-state index is 12.5. The Morgan fingerprint density at radius 1 is 1.32 bits per heavy atom. The van der Waals surface area contributed by atoms with Crippen LogP contribution in [0.5, 0.6) is 0 Å². The van der Waals surface area contributed by atoms with E-state index in [1.807, 2.05) is 19.9 Å². The Kier molecular flexibility index (Phi) is 3.85. The maximum Gasteiger partial charge on any atom is 0.261 e. The molecule has 0 fully saturated rings. The number of aryl methyl sites for hydroxylation is 2. The number of Topliss-reactive ketones (excluding diaryl/α,β-unsaturated/α-hetero) is 1. The molecule has 0 N–H and O–H groups in total. The summed E-state index contributed by atoms with van der Waals surface area (Å²) in [5, 5.41) is 0.890. The lowest BCUT2D eigenvalue weighted by molar-refractivity contribution is 0.0970. The number of benzene rings is 1. The predicted octanol–water partition coefficient (Wildman–Crippen LogP) is 3.61. The molecular weight excluding hydrogens is 320 g/mol. The minimum absolute atomic E-state index is 0.0225. The van der Waals surface area contributed by atoms with Gasteiger partial charge in [0.25, 0.3) is 5.56 Å². The Balaban J connectivity index is 2.01. The highest BCUT2D eigenvalue weighted by molar-refractivity contribution is 7.12. The fourth-order valence-corrected chi connectivity index (χ4v) is 3.51. The largest absolute Gasteiger partial charge is 0.292 e. The second-order valence-electron chi connectivity index (χ2n) is 5.09. The molecule has 112 valence electrons. The van der Waals surface area contributed by atoms with Gasteiger partial charge in [0.05, 0.1) is 23.8 Å². The molecule has 4 nitrogen and oxygen atoms in total. The van der Waals surface area contributed by atoms with Crippen LogP contribution < -0.4 is 5.56 Å². The third kappa shape index (κ3) is 2.69. The van der Waals surface area contributed by atoms with Crippen molar-refractivity contribution in [3.63, 3.8) is 0 Å². The molecule has 2 aromatic heterocycles. The van der Waals surface area contributed by atoms with E-state index in [9.17, 15) is 9.59 Å². The smallest absolute Gasteiger partial charge is 0.261 e. The van der Waals surface area contributed by atoms with Gasteiger partial charge in [-0.05, 0) is 38.1 Å². The average Bonchev–Trinajstić information content (AvgIpc) is 2.81. The molecule has 0 aliphatic carbocycles. The van der Waals surface area contributed by atoms with E-state index < -0.39 is 0 Å². The summed E-state index contributed by atoms with van der Waals surface area (Å²) in [6, 6.07) is 6.81. The second kappa shape index (κ2) is 5.66. The van der Waals surface area contributed by atoms with Gasteiger partial charge < -0.3 is 0 Å². The molecule has 0 amide bonds. The Bertz CT molecular complexity index is 943. The van der Waals surface area contributed by atoms with Crippen molar-refractivity contribution < 1.29 is 4.79 Å². The molecule has 0 saturated heterocycles. The number of nitrogens with zero attached hydrogens (tertiary/aromatic N) is 2. The number of hydrogen-bond donors (Lipinski definition) is 0. The van der Waals surface area contributed by atoms with E-state index in [2.05, 4.69) is 4.98 Å². The zero-order valence-electron chi connectivity index (χ0n) is 12.1. The molecule has 22 heavy (non-hydrogen) atoms. The fraction of sp³-hybridized carbons (Fsp3) is 0.188. The molecule has 0 unspecified atom stereocenters. The van der Waals surface area contributed by atoms with Gasteiger partial charge in [-0.3, -0.25) is 14.2 Å². The first kappa shape index (κ1) is 14.9. The Labute approximate surface area is 136 Å². The lowest BCUT2D eigenvalue weighted by atomic mass is 10.1. The molecule has 1 aromatic carbocycles. The molecule has 0 saturated carbocycles. The van der Waals surface area contributed by atoms with Crippen molar-refractivity contribution in [1.29, 1.82) is 0 Å². The fourth-order valence-electron chi connectivity index (χ4n) is 2.39. The molecule has 3 rings (SSSR count). The van der Waals surface area contributed by atoms with Crippen molar-refractivity contribution in [3.8, 4) is 0 Å². The van der Waals surface area contributed by atoms with Crippen LogP contribution in [0.2, 0.25) is 5.02 Å². The summed E-state index contributed by atoms with van der Waals surface area (Å²) in [4.78, 5) is 31.1. The first-order chi connectivity index (χ1) is 10.5. The van der Waals surface area contributed by atoms with E-state index in [-0.39, 0.29) is 17.9 Å². The molecular formula is C16H13ClN2O2S. The van der Waals surface area contributed by atoms with Crippen LogP contribution in [0, 0.1) is 13.8 Å². The lowest BCUT2D eigenvalue weighted by Gasteiger charge is -2.06. The summed E-state index contributed by atoms with van der Waals surface area (Å²) < 4.78 is 1.33. The van der Waals surface area contributed by atoms with Crippen LogP contribution in [-0.4, -0.2) is 15.3 Å². The van der Waals surface area contributed by atoms with E-state index >= 15 is 0 Å². The topological polar surface area (TPSA) is 52.0 Å². The van der Waals surface area contributed by atoms with Crippen molar-refractivity contribution in [2.75, 3.05) is 0 Å². The summed E-state index contributed by atoms with van der Waals surface area (Å²) >= 11 is 7.50. The van der Waals surface area contributed by atoms with E-state index in [4.69, 9.17) is 11.6 Å². The molecule has 0 spiro atoms. The van der Waals surface area contributed by atoms with Gasteiger partial charge in [-0.15, -0.1) is 11.3 Å². The van der Waals surface area contributed by atoms with Crippen LogP contribution in [-0.2, 0) is 6.54 Å². The summed E-state index contributed by atoms with van der Waals surface area (Å²) in [6.45, 7) is 3.84. The van der Waals surface area contributed by atoms with Crippen molar-refractivity contribution in [1.82, 2.24) is 9.55 Å². The van der Waals surface area contributed by atoms with E-state index in [1.54, 1.807) is 29.5 Å². The number of thiophene rings is 1. The predicted molar refractivity (Wildman–Crippen MR) is 89.1 cm³/mol. The van der Waals surface area contributed by atoms with Gasteiger partial charge in [0.15, 0.2) is 5.78 Å². The van der Waals surface area contributed by atoms with Crippen molar-refractivity contribution in [3.05, 3.63) is 61.3 Å². The van der Waals surface area contributed by atoms with Crippen LogP contribution in [0.15, 0.2) is 35.4 Å². The maximum absolute atomic E-state index is 12.5. The average molecular weight is 333 g/mol. The van der Waals surface area contributed by atoms with E-state index in [0.717, 1.165) is 9.75 Å². The van der Waals surface area contributed by atoms with Crippen molar-refractivity contribution in [2.45, 2.75) is 20.4 Å². The van der Waals surface area contributed by atoms with Gasteiger partial charge in [-0.25, -0.2) is 4.98 Å². The molecule has 0 atom stereocenters. The summed E-state index contributed by atoms with van der Waals surface area (Å²) in [6.07, 6.45) is 1.41. The third-order valence-electron chi connectivity index (χ3n) is 3.44. The Morgan fingerprint density at radius 2 is 2.09 bits per heavy atom. The number of hydrogen-bond acceptors (Lipinski definition) is 4. The van der Waals surface area contributed by atoms with E-state index in [0.29, 0.717) is 21.5 Å². The van der Waals surface area contributed by atoms with Crippen molar-refractivity contribution in [2.24, 2.45) is 0 Å². The zero-order valence-corrected chi connectivity index (χ0v) is 13.7.